The van der Waals surface area contributed by atoms with Gasteiger partial charge in [-0.05, 0) is 37.3 Å². The molecule has 192 valence electrons. The molecule has 12 nitrogen and oxygen atoms in total. The van der Waals surface area contributed by atoms with Crippen LogP contribution in [-0.4, -0.2) is 43.1 Å². The Bertz CT molecular complexity index is 1410. The number of nitro benzene ring substituents is 1. The molecule has 2 aromatic heterocycles. The Kier molecular flexibility index (Phi) is 7.22. The molecular formula is C24H30N6O6. The van der Waals surface area contributed by atoms with Gasteiger partial charge in [-0.2, -0.15) is 0 Å². The summed E-state index contributed by atoms with van der Waals surface area (Å²) in [7, 11) is 1.60. The summed E-state index contributed by atoms with van der Waals surface area (Å²) in [5.41, 5.74) is -0.301. The Balaban J connectivity index is 1.57. The molecular weight excluding hydrogens is 468 g/mol. The number of unbranched alkanes of at least 4 members (excludes halogenated alkanes) is 1. The lowest BCUT2D eigenvalue weighted by atomic mass is 9.98. The summed E-state index contributed by atoms with van der Waals surface area (Å²) in [6.07, 6.45) is 3.49. The number of piperidine rings is 1. The first kappa shape index (κ1) is 25.1. The van der Waals surface area contributed by atoms with E-state index in [1.807, 2.05) is 11.8 Å². The van der Waals surface area contributed by atoms with Crippen molar-refractivity contribution < 1.29 is 14.5 Å². The Labute approximate surface area is 206 Å². The van der Waals surface area contributed by atoms with Gasteiger partial charge in [0, 0.05) is 32.7 Å². The number of aromatic amines is 1. The van der Waals surface area contributed by atoms with Crippen LogP contribution in [0.1, 0.15) is 55.7 Å². The Morgan fingerprint density at radius 1 is 1.28 bits per heavy atom. The minimum Gasteiger partial charge on any atom is -0.454 e. The predicted molar refractivity (Wildman–Crippen MR) is 133 cm³/mol. The van der Waals surface area contributed by atoms with Crippen LogP contribution in [-0.2, 0) is 24.9 Å². The first-order valence-corrected chi connectivity index (χ1v) is 12.1. The first-order chi connectivity index (χ1) is 17.2. The minimum atomic E-state index is -0.749. The number of hydrogen-bond acceptors (Lipinski definition) is 8. The van der Waals surface area contributed by atoms with E-state index in [0.29, 0.717) is 18.2 Å². The summed E-state index contributed by atoms with van der Waals surface area (Å²) in [4.78, 5) is 57.4. The van der Waals surface area contributed by atoms with Gasteiger partial charge in [-0.15, -0.1) is 0 Å². The summed E-state index contributed by atoms with van der Waals surface area (Å²) in [5, 5.41) is 11.7. The number of carbonyl (C=O) groups is 1. The molecule has 0 unspecified atom stereocenters. The number of aromatic nitrogens is 4. The van der Waals surface area contributed by atoms with E-state index < -0.39 is 22.1 Å². The van der Waals surface area contributed by atoms with E-state index in [4.69, 9.17) is 4.74 Å². The van der Waals surface area contributed by atoms with Crippen LogP contribution in [0.3, 0.4) is 0 Å². The second-order valence-electron chi connectivity index (χ2n) is 9.23. The van der Waals surface area contributed by atoms with Crippen LogP contribution in [0, 0.1) is 16.0 Å². The molecule has 0 saturated carbocycles. The highest BCUT2D eigenvalue weighted by atomic mass is 16.6. The average molecular weight is 499 g/mol. The van der Waals surface area contributed by atoms with Gasteiger partial charge in [0.2, 0.25) is 0 Å². The highest BCUT2D eigenvalue weighted by Crippen LogP contribution is 2.32. The van der Waals surface area contributed by atoms with E-state index in [0.717, 1.165) is 38.8 Å². The molecule has 12 heteroatoms. The number of hydrogen-bond donors (Lipinski definition) is 1. The lowest BCUT2D eigenvalue weighted by Gasteiger charge is -2.31. The van der Waals surface area contributed by atoms with Crippen molar-refractivity contribution in [2.75, 3.05) is 18.0 Å². The first-order valence-electron chi connectivity index (χ1n) is 12.1. The maximum atomic E-state index is 12.8. The maximum Gasteiger partial charge on any atom is 0.338 e. The molecule has 1 aliphatic heterocycles. The fourth-order valence-corrected chi connectivity index (χ4v) is 4.47. The highest BCUT2D eigenvalue weighted by Gasteiger charge is 2.25. The third kappa shape index (κ3) is 4.88. The van der Waals surface area contributed by atoms with Gasteiger partial charge >= 0.3 is 11.7 Å². The van der Waals surface area contributed by atoms with Crippen LogP contribution in [0.5, 0.6) is 0 Å². The van der Waals surface area contributed by atoms with E-state index in [1.54, 1.807) is 13.1 Å². The van der Waals surface area contributed by atoms with Crippen molar-refractivity contribution in [3.8, 4) is 0 Å². The maximum absolute atomic E-state index is 12.8. The summed E-state index contributed by atoms with van der Waals surface area (Å²) < 4.78 is 8.27. The molecule has 1 fully saturated rings. The number of carbonyl (C=O) groups excluding carboxylic acids is 1. The number of nitrogens with zero attached hydrogens (tertiary/aromatic N) is 5. The number of rotatable bonds is 8. The molecule has 3 aromatic rings. The number of aryl methyl sites for hydroxylation is 2. The van der Waals surface area contributed by atoms with Crippen molar-refractivity contribution in [2.45, 2.75) is 52.7 Å². The number of anilines is 1. The number of ether oxygens (including phenoxy) is 1. The molecule has 0 atom stereocenters. The lowest BCUT2D eigenvalue weighted by Crippen LogP contribution is -2.33. The van der Waals surface area contributed by atoms with E-state index in [1.165, 1.54) is 21.3 Å². The van der Waals surface area contributed by atoms with Gasteiger partial charge in [-0.1, -0.05) is 20.3 Å². The number of nitrogens with one attached hydrogen (secondary N) is 1. The second-order valence-corrected chi connectivity index (χ2v) is 9.23. The van der Waals surface area contributed by atoms with Gasteiger partial charge in [0.25, 0.3) is 11.2 Å². The molecule has 0 spiro atoms. The number of esters is 1. The third-order valence-electron chi connectivity index (χ3n) is 6.71. The zero-order chi connectivity index (χ0) is 26.0. The lowest BCUT2D eigenvalue weighted by molar-refractivity contribution is -0.384. The molecule has 0 aliphatic carbocycles. The molecule has 0 radical (unpaired) electrons. The fraction of sp³-hybridized carbons (Fsp3) is 0.500. The van der Waals surface area contributed by atoms with Crippen molar-refractivity contribution in [1.29, 1.82) is 0 Å². The van der Waals surface area contributed by atoms with Gasteiger partial charge in [0.05, 0.1) is 10.5 Å². The van der Waals surface area contributed by atoms with Gasteiger partial charge in [0.1, 0.15) is 18.1 Å². The summed E-state index contributed by atoms with van der Waals surface area (Å²) >= 11 is 0. The standard InChI is InChI=1S/C24H30N6O6/c1-4-5-10-29-21-20(22(31)26-24(29)33)27(3)19(25-21)14-36-23(32)16-6-7-17(18(13-16)30(34)35)28-11-8-15(2)9-12-28/h6-7,13,15H,4-5,8-12,14H2,1-3H3,(H,26,31,33). The van der Waals surface area contributed by atoms with Crippen LogP contribution in [0.2, 0.25) is 0 Å². The Morgan fingerprint density at radius 2 is 2.00 bits per heavy atom. The molecule has 4 rings (SSSR count). The van der Waals surface area contributed by atoms with Crippen molar-refractivity contribution in [1.82, 2.24) is 19.1 Å². The Hall–Kier alpha value is -3.96. The smallest absolute Gasteiger partial charge is 0.338 e. The molecule has 1 saturated heterocycles. The molecule has 1 N–H and O–H groups in total. The molecule has 1 aromatic carbocycles. The van der Waals surface area contributed by atoms with E-state index in [2.05, 4.69) is 16.9 Å². The van der Waals surface area contributed by atoms with Gasteiger partial charge in [-0.3, -0.25) is 24.5 Å². The van der Waals surface area contributed by atoms with E-state index in [9.17, 15) is 24.5 Å². The van der Waals surface area contributed by atoms with Crippen molar-refractivity contribution in [2.24, 2.45) is 13.0 Å². The Morgan fingerprint density at radius 3 is 2.67 bits per heavy atom. The number of imidazole rings is 1. The van der Waals surface area contributed by atoms with Crippen LogP contribution in [0.4, 0.5) is 11.4 Å². The quantitative estimate of drug-likeness (QED) is 0.283. The fourth-order valence-electron chi connectivity index (χ4n) is 4.47. The van der Waals surface area contributed by atoms with Gasteiger partial charge < -0.3 is 14.2 Å². The molecule has 3 heterocycles. The van der Waals surface area contributed by atoms with Gasteiger partial charge in [0.15, 0.2) is 11.2 Å². The number of benzene rings is 1. The topological polar surface area (TPSA) is 145 Å². The van der Waals surface area contributed by atoms with Crippen LogP contribution >= 0.6 is 0 Å². The number of fused-ring (bicyclic) bond motifs is 1. The molecule has 36 heavy (non-hydrogen) atoms. The van der Waals surface area contributed by atoms with Crippen molar-refractivity contribution >= 4 is 28.5 Å². The summed E-state index contributed by atoms with van der Waals surface area (Å²) in [6.45, 7) is 5.72. The van der Waals surface area contributed by atoms with Crippen LogP contribution in [0.15, 0.2) is 27.8 Å². The highest BCUT2D eigenvalue weighted by molar-refractivity contribution is 5.91. The van der Waals surface area contributed by atoms with Crippen LogP contribution in [0.25, 0.3) is 11.2 Å². The summed E-state index contributed by atoms with van der Waals surface area (Å²) in [6, 6.07) is 4.34. The minimum absolute atomic E-state index is 0.0484. The predicted octanol–water partition coefficient (Wildman–Crippen LogP) is 2.72. The van der Waals surface area contributed by atoms with Crippen molar-refractivity contribution in [3.05, 3.63) is 60.5 Å². The molecule has 0 bridgehead atoms. The van der Waals surface area contributed by atoms with Crippen molar-refractivity contribution in [3.63, 3.8) is 0 Å². The van der Waals surface area contributed by atoms with E-state index >= 15 is 0 Å². The zero-order valence-corrected chi connectivity index (χ0v) is 20.7. The largest absolute Gasteiger partial charge is 0.454 e. The number of nitro groups is 1. The molecule has 0 amide bonds. The monoisotopic (exact) mass is 498 g/mol. The SMILES string of the molecule is CCCCn1c(=O)[nH]c(=O)c2c1nc(COC(=O)c1ccc(N3CCC(C)CC3)c([N+](=O)[O-])c1)n2C. The normalized spacial score (nSPS) is 14.4. The van der Waals surface area contributed by atoms with Crippen LogP contribution < -0.4 is 16.1 Å². The average Bonchev–Trinajstić information content (AvgIpc) is 3.18. The third-order valence-corrected chi connectivity index (χ3v) is 6.71. The number of H-pyrrole nitrogens is 1. The van der Waals surface area contributed by atoms with E-state index in [-0.39, 0.29) is 34.8 Å². The zero-order valence-electron chi connectivity index (χ0n) is 20.7. The molecule has 1 aliphatic rings. The summed E-state index contributed by atoms with van der Waals surface area (Å²) in [5.74, 6) is 0.101. The van der Waals surface area contributed by atoms with Gasteiger partial charge in [-0.25, -0.2) is 14.6 Å². The second kappa shape index (κ2) is 10.3.